The van der Waals surface area contributed by atoms with E-state index in [2.05, 4.69) is 5.32 Å². The van der Waals surface area contributed by atoms with E-state index in [9.17, 15) is 13.2 Å². The van der Waals surface area contributed by atoms with Gasteiger partial charge in [0.25, 0.3) is 0 Å². The van der Waals surface area contributed by atoms with Crippen LogP contribution in [0.1, 0.15) is 23.6 Å². The van der Waals surface area contributed by atoms with Crippen molar-refractivity contribution in [3.63, 3.8) is 0 Å². The molecule has 7 heteroatoms. The van der Waals surface area contributed by atoms with Crippen molar-refractivity contribution in [2.45, 2.75) is 25.7 Å². The Morgan fingerprint density at radius 1 is 1.12 bits per heavy atom. The van der Waals surface area contributed by atoms with E-state index >= 15 is 0 Å². The van der Waals surface area contributed by atoms with Crippen molar-refractivity contribution in [3.8, 4) is 0 Å². The summed E-state index contributed by atoms with van der Waals surface area (Å²) in [7, 11) is -3.48. The molecule has 0 atom stereocenters. The van der Waals surface area contributed by atoms with Gasteiger partial charge in [-0.05, 0) is 49.4 Å². The van der Waals surface area contributed by atoms with Crippen LogP contribution in [0.25, 0.3) is 6.08 Å². The predicted octanol–water partition coefficient (Wildman–Crippen LogP) is 3.74. The van der Waals surface area contributed by atoms with Crippen LogP contribution in [0.3, 0.4) is 0 Å². The van der Waals surface area contributed by atoms with Gasteiger partial charge in [-0.1, -0.05) is 13.8 Å². The van der Waals surface area contributed by atoms with E-state index in [0.717, 1.165) is 4.88 Å². The fourth-order valence-electron chi connectivity index (χ4n) is 2.31. The minimum Gasteiger partial charge on any atom is -0.323 e. The van der Waals surface area contributed by atoms with E-state index in [-0.39, 0.29) is 10.8 Å². The van der Waals surface area contributed by atoms with Gasteiger partial charge >= 0.3 is 0 Å². The molecule has 0 aliphatic rings. The van der Waals surface area contributed by atoms with Gasteiger partial charge in [0, 0.05) is 34.6 Å². The zero-order valence-corrected chi connectivity index (χ0v) is 16.2. The first-order valence-electron chi connectivity index (χ1n) is 8.02. The highest BCUT2D eigenvalue weighted by Crippen LogP contribution is 2.19. The van der Waals surface area contributed by atoms with E-state index in [1.54, 1.807) is 43.4 Å². The maximum Gasteiger partial charge on any atom is 0.248 e. The monoisotopic (exact) mass is 378 g/mol. The topological polar surface area (TPSA) is 66.5 Å². The van der Waals surface area contributed by atoms with E-state index in [1.807, 2.05) is 19.1 Å². The van der Waals surface area contributed by atoms with E-state index < -0.39 is 10.0 Å². The van der Waals surface area contributed by atoms with Crippen molar-refractivity contribution in [1.82, 2.24) is 4.31 Å². The smallest absolute Gasteiger partial charge is 0.248 e. The predicted molar refractivity (Wildman–Crippen MR) is 103 cm³/mol. The fraction of sp³-hybridized carbons (Fsp3) is 0.278. The number of benzene rings is 1. The second-order valence-electron chi connectivity index (χ2n) is 5.38. The number of rotatable bonds is 7. The van der Waals surface area contributed by atoms with Gasteiger partial charge in [0.2, 0.25) is 15.9 Å². The van der Waals surface area contributed by atoms with Crippen molar-refractivity contribution in [2.75, 3.05) is 18.4 Å². The number of aryl methyl sites for hydroxylation is 1. The van der Waals surface area contributed by atoms with E-state index in [1.165, 1.54) is 27.4 Å². The molecule has 25 heavy (non-hydrogen) atoms. The van der Waals surface area contributed by atoms with Gasteiger partial charge in [0.15, 0.2) is 0 Å². The first kappa shape index (κ1) is 19.4. The van der Waals surface area contributed by atoms with Crippen molar-refractivity contribution >= 4 is 39.0 Å². The summed E-state index contributed by atoms with van der Waals surface area (Å²) in [6.07, 6.45) is 3.22. The zero-order valence-electron chi connectivity index (χ0n) is 14.5. The molecule has 1 aromatic carbocycles. The van der Waals surface area contributed by atoms with Gasteiger partial charge in [0.1, 0.15) is 0 Å². The fourth-order valence-corrected chi connectivity index (χ4v) is 4.55. The highest BCUT2D eigenvalue weighted by Gasteiger charge is 2.21. The first-order chi connectivity index (χ1) is 11.9. The molecule has 0 radical (unpaired) electrons. The SMILES string of the molecule is CCN(CC)S(=O)(=O)c1ccc(NC(=O)/C=C/c2ccc(C)s2)cc1. The molecule has 5 nitrogen and oxygen atoms in total. The van der Waals surface area contributed by atoms with Gasteiger partial charge in [0.05, 0.1) is 4.90 Å². The minimum atomic E-state index is -3.48. The Morgan fingerprint density at radius 2 is 1.76 bits per heavy atom. The molecule has 0 spiro atoms. The van der Waals surface area contributed by atoms with Gasteiger partial charge in [-0.3, -0.25) is 4.79 Å². The lowest BCUT2D eigenvalue weighted by atomic mass is 10.3. The van der Waals surface area contributed by atoms with Crippen LogP contribution in [0.4, 0.5) is 5.69 Å². The van der Waals surface area contributed by atoms with Crippen LogP contribution in [-0.2, 0) is 14.8 Å². The highest BCUT2D eigenvalue weighted by molar-refractivity contribution is 7.89. The van der Waals surface area contributed by atoms with E-state index in [0.29, 0.717) is 18.8 Å². The van der Waals surface area contributed by atoms with Crippen LogP contribution >= 0.6 is 11.3 Å². The van der Waals surface area contributed by atoms with Gasteiger partial charge in [-0.15, -0.1) is 11.3 Å². The summed E-state index contributed by atoms with van der Waals surface area (Å²) < 4.78 is 26.2. The quantitative estimate of drug-likeness (QED) is 0.747. The van der Waals surface area contributed by atoms with E-state index in [4.69, 9.17) is 0 Å². The summed E-state index contributed by atoms with van der Waals surface area (Å²) in [6.45, 7) is 6.46. The van der Waals surface area contributed by atoms with Crippen LogP contribution in [0.2, 0.25) is 0 Å². The molecule has 2 rings (SSSR count). The lowest BCUT2D eigenvalue weighted by Crippen LogP contribution is -2.30. The molecule has 1 aromatic heterocycles. The lowest BCUT2D eigenvalue weighted by Gasteiger charge is -2.18. The Hall–Kier alpha value is -1.96. The van der Waals surface area contributed by atoms with Gasteiger partial charge < -0.3 is 5.32 Å². The third kappa shape index (κ3) is 5.01. The summed E-state index contributed by atoms with van der Waals surface area (Å²) >= 11 is 1.61. The molecule has 0 fully saturated rings. The standard InChI is InChI=1S/C18H22N2O3S2/c1-4-20(5-2)25(22,23)17-11-7-15(8-12-17)19-18(21)13-10-16-9-6-14(3)24-16/h6-13H,4-5H2,1-3H3,(H,19,21)/b13-10+. The lowest BCUT2D eigenvalue weighted by molar-refractivity contribution is -0.111. The molecule has 0 saturated carbocycles. The number of carbonyl (C=O) groups excluding carboxylic acids is 1. The number of hydrogen-bond donors (Lipinski definition) is 1. The van der Waals surface area contributed by atoms with Gasteiger partial charge in [-0.2, -0.15) is 4.31 Å². The van der Waals surface area contributed by atoms with Crippen molar-refractivity contribution in [1.29, 1.82) is 0 Å². The molecule has 0 unspecified atom stereocenters. The number of thiophene rings is 1. The summed E-state index contributed by atoms with van der Waals surface area (Å²) in [4.78, 5) is 14.4. The molecular formula is C18H22N2O3S2. The van der Waals surface area contributed by atoms with Crippen molar-refractivity contribution < 1.29 is 13.2 Å². The molecule has 0 saturated heterocycles. The largest absolute Gasteiger partial charge is 0.323 e. The number of amides is 1. The number of nitrogens with zero attached hydrogens (tertiary/aromatic N) is 1. The number of carbonyl (C=O) groups is 1. The molecule has 0 aliphatic heterocycles. The minimum absolute atomic E-state index is 0.221. The molecule has 2 aromatic rings. The molecular weight excluding hydrogens is 356 g/mol. The second-order valence-corrected chi connectivity index (χ2v) is 8.64. The number of sulfonamides is 1. The van der Waals surface area contributed by atoms with Crippen molar-refractivity contribution in [3.05, 3.63) is 52.2 Å². The Morgan fingerprint density at radius 3 is 2.28 bits per heavy atom. The average Bonchev–Trinajstić information content (AvgIpc) is 3.00. The zero-order chi connectivity index (χ0) is 18.4. The Labute approximate surface area is 153 Å². The number of nitrogens with one attached hydrogen (secondary N) is 1. The van der Waals surface area contributed by atoms with Crippen LogP contribution in [-0.4, -0.2) is 31.7 Å². The van der Waals surface area contributed by atoms with Crippen molar-refractivity contribution in [2.24, 2.45) is 0 Å². The summed E-state index contributed by atoms with van der Waals surface area (Å²) in [6, 6.07) is 10.2. The maximum atomic E-state index is 12.4. The molecule has 1 N–H and O–H groups in total. The number of hydrogen-bond acceptors (Lipinski definition) is 4. The first-order valence-corrected chi connectivity index (χ1v) is 10.3. The van der Waals surface area contributed by atoms with Crippen LogP contribution in [0, 0.1) is 6.92 Å². The molecule has 0 aliphatic carbocycles. The Bertz CT molecular complexity index is 849. The highest BCUT2D eigenvalue weighted by atomic mass is 32.2. The molecule has 0 bridgehead atoms. The Kier molecular flexibility index (Phi) is 6.52. The Balaban J connectivity index is 2.05. The maximum absolute atomic E-state index is 12.4. The second kappa shape index (κ2) is 8.42. The third-order valence-corrected chi connectivity index (χ3v) is 6.66. The van der Waals surface area contributed by atoms with Gasteiger partial charge in [-0.25, -0.2) is 8.42 Å². The molecule has 1 amide bonds. The summed E-state index contributed by atoms with van der Waals surface area (Å²) in [5, 5.41) is 2.73. The number of anilines is 1. The third-order valence-electron chi connectivity index (χ3n) is 3.63. The summed E-state index contributed by atoms with van der Waals surface area (Å²) in [5.41, 5.74) is 0.551. The molecule has 1 heterocycles. The normalized spacial score (nSPS) is 12.0. The van der Waals surface area contributed by atoms with Crippen LogP contribution in [0.5, 0.6) is 0 Å². The average molecular weight is 379 g/mol. The molecule has 134 valence electrons. The van der Waals surface area contributed by atoms with Crippen LogP contribution in [0.15, 0.2) is 47.4 Å². The van der Waals surface area contributed by atoms with Crippen LogP contribution < -0.4 is 5.32 Å². The summed E-state index contributed by atoms with van der Waals surface area (Å²) in [5.74, 6) is -0.259.